The molecule has 6 rings (SSSR count). The molecule has 9 heteroatoms. The molecule has 1 saturated heterocycles. The third-order valence-corrected chi connectivity index (χ3v) is 8.13. The summed E-state index contributed by atoms with van der Waals surface area (Å²) >= 11 is 0. The maximum Gasteiger partial charge on any atom is 0.251 e. The number of aliphatic hydroxyl groups is 1. The Bertz CT molecular complexity index is 1290. The lowest BCUT2D eigenvalue weighted by molar-refractivity contribution is 0.0903. The number of anilines is 2. The summed E-state index contributed by atoms with van der Waals surface area (Å²) in [6.07, 6.45) is 9.55. The number of benzene rings is 1. The molecule has 9 nitrogen and oxygen atoms in total. The van der Waals surface area contributed by atoms with Gasteiger partial charge in [-0.15, -0.1) is 0 Å². The van der Waals surface area contributed by atoms with Gasteiger partial charge >= 0.3 is 0 Å². The van der Waals surface area contributed by atoms with Crippen LogP contribution in [-0.4, -0.2) is 63.6 Å². The largest absolute Gasteiger partial charge is 0.393 e. The Labute approximate surface area is 223 Å². The first kappa shape index (κ1) is 25.1. The van der Waals surface area contributed by atoms with E-state index in [1.165, 1.54) is 0 Å². The molecule has 0 radical (unpaired) electrons. The SMILES string of the molecule is Cc1cc(-c2cnn3c(NC[C@H]4CC[C@@H](O)CC4)cc(NC4CCOCC4)nc23)ccc1C(=O)NC1CC1. The number of fused-ring (bicyclic) bond motifs is 1. The molecule has 0 atom stereocenters. The van der Waals surface area contributed by atoms with Crippen LogP contribution in [0.2, 0.25) is 0 Å². The third-order valence-electron chi connectivity index (χ3n) is 8.13. The normalized spacial score (nSPS) is 22.4. The van der Waals surface area contributed by atoms with Crippen LogP contribution in [0.5, 0.6) is 0 Å². The van der Waals surface area contributed by atoms with E-state index in [-0.39, 0.29) is 12.0 Å². The monoisotopic (exact) mass is 518 g/mol. The van der Waals surface area contributed by atoms with Gasteiger partial charge in [-0.3, -0.25) is 4.79 Å². The highest BCUT2D eigenvalue weighted by molar-refractivity contribution is 5.97. The van der Waals surface area contributed by atoms with Gasteiger partial charge in [-0.2, -0.15) is 9.61 Å². The zero-order chi connectivity index (χ0) is 26.1. The summed E-state index contributed by atoms with van der Waals surface area (Å²) in [5.74, 6) is 2.25. The highest BCUT2D eigenvalue weighted by atomic mass is 16.5. The number of aromatic nitrogens is 3. The summed E-state index contributed by atoms with van der Waals surface area (Å²) in [4.78, 5) is 17.6. The molecule has 1 aliphatic heterocycles. The van der Waals surface area contributed by atoms with E-state index >= 15 is 0 Å². The molecule has 3 aliphatic rings. The van der Waals surface area contributed by atoms with Crippen molar-refractivity contribution in [1.82, 2.24) is 19.9 Å². The number of carbonyl (C=O) groups is 1. The molecule has 38 heavy (non-hydrogen) atoms. The molecule has 2 aliphatic carbocycles. The van der Waals surface area contributed by atoms with Gasteiger partial charge in [0.25, 0.3) is 5.91 Å². The van der Waals surface area contributed by atoms with E-state index in [0.717, 1.165) is 105 Å². The van der Waals surface area contributed by atoms with E-state index in [4.69, 9.17) is 14.8 Å². The van der Waals surface area contributed by atoms with E-state index in [9.17, 15) is 9.90 Å². The zero-order valence-corrected chi connectivity index (χ0v) is 22.1. The first-order valence-corrected chi connectivity index (χ1v) is 14.1. The average molecular weight is 519 g/mol. The van der Waals surface area contributed by atoms with E-state index < -0.39 is 0 Å². The summed E-state index contributed by atoms with van der Waals surface area (Å²) in [6.45, 7) is 4.34. The molecule has 3 heterocycles. The molecule has 4 N–H and O–H groups in total. The van der Waals surface area contributed by atoms with Crippen molar-refractivity contribution in [3.63, 3.8) is 0 Å². The van der Waals surface area contributed by atoms with Crippen molar-refractivity contribution in [2.24, 2.45) is 5.92 Å². The summed E-state index contributed by atoms with van der Waals surface area (Å²) in [7, 11) is 0. The third kappa shape index (κ3) is 5.63. The molecule has 1 aromatic carbocycles. The highest BCUT2D eigenvalue weighted by Crippen LogP contribution is 2.31. The zero-order valence-electron chi connectivity index (χ0n) is 22.1. The summed E-state index contributed by atoms with van der Waals surface area (Å²) in [5, 5.41) is 24.9. The minimum Gasteiger partial charge on any atom is -0.393 e. The van der Waals surface area contributed by atoms with Crippen molar-refractivity contribution in [3.05, 3.63) is 41.6 Å². The van der Waals surface area contributed by atoms with Gasteiger partial charge in [0, 0.05) is 49.0 Å². The molecule has 0 unspecified atom stereocenters. The lowest BCUT2D eigenvalue weighted by atomic mass is 9.87. The molecule has 1 amide bonds. The van der Waals surface area contributed by atoms with Gasteiger partial charge in [-0.25, -0.2) is 4.98 Å². The van der Waals surface area contributed by atoms with Crippen LogP contribution in [0.3, 0.4) is 0 Å². The second-order valence-electron chi connectivity index (χ2n) is 11.2. The number of aryl methyl sites for hydroxylation is 1. The van der Waals surface area contributed by atoms with Crippen LogP contribution in [0.15, 0.2) is 30.5 Å². The van der Waals surface area contributed by atoms with Crippen LogP contribution in [0.25, 0.3) is 16.8 Å². The Kier molecular flexibility index (Phi) is 7.21. The van der Waals surface area contributed by atoms with E-state index in [0.29, 0.717) is 23.6 Å². The summed E-state index contributed by atoms with van der Waals surface area (Å²) in [5.41, 5.74) is 4.35. The molecule has 2 aromatic heterocycles. The van der Waals surface area contributed by atoms with Crippen molar-refractivity contribution < 1.29 is 14.6 Å². The summed E-state index contributed by atoms with van der Waals surface area (Å²) in [6, 6.07) is 8.66. The van der Waals surface area contributed by atoms with Crippen LogP contribution in [0.4, 0.5) is 11.6 Å². The fourth-order valence-electron chi connectivity index (χ4n) is 5.59. The average Bonchev–Trinajstić information content (AvgIpc) is 3.63. The van der Waals surface area contributed by atoms with Gasteiger partial charge < -0.3 is 25.8 Å². The standard InChI is InChI=1S/C29H38N6O3/c1-18-14-20(4-9-24(18)29(37)33-21-5-6-21)25-17-31-35-27(30-16-19-2-7-23(36)8-3-19)15-26(34-28(25)35)32-22-10-12-38-13-11-22/h4,9,14-15,17,19,21-23,30,36H,2-3,5-8,10-13,16H2,1H3,(H,32,34)(H,33,37)/t19-,23+. The second kappa shape index (κ2) is 10.9. The molecule has 3 aromatic rings. The Morgan fingerprint density at radius 1 is 1.05 bits per heavy atom. The smallest absolute Gasteiger partial charge is 0.251 e. The summed E-state index contributed by atoms with van der Waals surface area (Å²) < 4.78 is 7.42. The van der Waals surface area contributed by atoms with Gasteiger partial charge in [0.2, 0.25) is 0 Å². The number of hydrogen-bond acceptors (Lipinski definition) is 7. The van der Waals surface area contributed by atoms with Crippen LogP contribution >= 0.6 is 0 Å². The van der Waals surface area contributed by atoms with Gasteiger partial charge in [0.05, 0.1) is 12.3 Å². The van der Waals surface area contributed by atoms with E-state index in [1.54, 1.807) is 0 Å². The minimum absolute atomic E-state index is 0.000736. The van der Waals surface area contributed by atoms with E-state index in [2.05, 4.69) is 22.0 Å². The van der Waals surface area contributed by atoms with Crippen LogP contribution in [0.1, 0.15) is 67.3 Å². The lowest BCUT2D eigenvalue weighted by Gasteiger charge is -2.26. The van der Waals surface area contributed by atoms with Gasteiger partial charge in [-0.05, 0) is 81.4 Å². The van der Waals surface area contributed by atoms with Crippen LogP contribution in [-0.2, 0) is 4.74 Å². The van der Waals surface area contributed by atoms with Crippen molar-refractivity contribution in [1.29, 1.82) is 0 Å². The van der Waals surface area contributed by atoms with Crippen molar-refractivity contribution >= 4 is 23.2 Å². The van der Waals surface area contributed by atoms with Crippen molar-refractivity contribution in [2.45, 2.75) is 76.5 Å². The molecular weight excluding hydrogens is 480 g/mol. The fraction of sp³-hybridized carbons (Fsp3) is 0.552. The first-order valence-electron chi connectivity index (χ1n) is 14.1. The number of aliphatic hydroxyl groups excluding tert-OH is 1. The quantitative estimate of drug-likeness (QED) is 0.354. The highest BCUT2D eigenvalue weighted by Gasteiger charge is 2.25. The number of rotatable bonds is 8. The molecule has 0 spiro atoms. The maximum absolute atomic E-state index is 12.6. The molecule has 3 fully saturated rings. The van der Waals surface area contributed by atoms with Crippen LogP contribution < -0.4 is 16.0 Å². The van der Waals surface area contributed by atoms with Gasteiger partial charge in [0.15, 0.2) is 5.65 Å². The van der Waals surface area contributed by atoms with Crippen molar-refractivity contribution in [2.75, 3.05) is 30.4 Å². The Morgan fingerprint density at radius 2 is 1.84 bits per heavy atom. The predicted octanol–water partition coefficient (Wildman–Crippen LogP) is 4.15. The number of ether oxygens (including phenoxy) is 1. The number of nitrogens with zero attached hydrogens (tertiary/aromatic N) is 3. The number of hydrogen-bond donors (Lipinski definition) is 4. The lowest BCUT2D eigenvalue weighted by Crippen LogP contribution is -2.28. The predicted molar refractivity (Wildman–Crippen MR) is 148 cm³/mol. The Morgan fingerprint density at radius 3 is 2.58 bits per heavy atom. The minimum atomic E-state index is -0.155. The Balaban J connectivity index is 1.29. The number of amides is 1. The van der Waals surface area contributed by atoms with Gasteiger partial charge in [-0.1, -0.05) is 12.1 Å². The number of carbonyl (C=O) groups excluding carboxylic acids is 1. The Hall–Kier alpha value is -3.17. The molecule has 202 valence electrons. The number of nitrogens with one attached hydrogen (secondary N) is 3. The second-order valence-corrected chi connectivity index (χ2v) is 11.2. The van der Waals surface area contributed by atoms with Gasteiger partial charge in [0.1, 0.15) is 11.6 Å². The molecular formula is C29H38N6O3. The maximum atomic E-state index is 12.6. The first-order chi connectivity index (χ1) is 18.5. The fourth-order valence-corrected chi connectivity index (χ4v) is 5.59. The van der Waals surface area contributed by atoms with Crippen LogP contribution in [0, 0.1) is 12.8 Å². The van der Waals surface area contributed by atoms with Crippen molar-refractivity contribution in [3.8, 4) is 11.1 Å². The van der Waals surface area contributed by atoms with E-state index in [1.807, 2.05) is 35.8 Å². The molecule has 0 bridgehead atoms. The molecule has 2 saturated carbocycles. The topological polar surface area (TPSA) is 113 Å².